The lowest BCUT2D eigenvalue weighted by molar-refractivity contribution is 0.0381. The molecule has 1 heterocycles. The van der Waals surface area contributed by atoms with E-state index < -0.39 is 0 Å². The molecule has 1 unspecified atom stereocenters. The Morgan fingerprint density at radius 2 is 2.27 bits per heavy atom. The Morgan fingerprint density at radius 3 is 2.91 bits per heavy atom. The van der Waals surface area contributed by atoms with Crippen molar-refractivity contribution in [2.45, 2.75) is 38.0 Å². The molecule has 1 fully saturated rings. The molecule has 0 aromatic rings. The number of aliphatic hydroxyl groups is 1. The van der Waals surface area contributed by atoms with E-state index in [1.54, 1.807) is 7.11 Å². The van der Waals surface area contributed by atoms with Crippen LogP contribution in [0, 0.1) is 0 Å². The van der Waals surface area contributed by atoms with Gasteiger partial charge in [0.05, 0.1) is 18.8 Å². The molecule has 3 atom stereocenters. The molecule has 11 heavy (non-hydrogen) atoms. The van der Waals surface area contributed by atoms with Gasteiger partial charge < -0.3 is 15.2 Å². The zero-order valence-electron chi connectivity index (χ0n) is 7.21. The van der Waals surface area contributed by atoms with Gasteiger partial charge in [0, 0.05) is 13.2 Å². The molecule has 0 saturated carbocycles. The molecule has 0 aromatic heterocycles. The van der Waals surface area contributed by atoms with E-state index in [1.165, 1.54) is 0 Å². The molecule has 0 aromatic carbocycles. The molecular formula is C8H17NO2. The van der Waals surface area contributed by atoms with Crippen LogP contribution < -0.4 is 5.32 Å². The summed E-state index contributed by atoms with van der Waals surface area (Å²) in [6, 6.07) is 0.641. The van der Waals surface area contributed by atoms with Gasteiger partial charge >= 0.3 is 0 Å². The molecular weight excluding hydrogens is 142 g/mol. The van der Waals surface area contributed by atoms with E-state index in [0.717, 1.165) is 12.8 Å². The highest BCUT2D eigenvalue weighted by Gasteiger charge is 2.25. The second-order valence-corrected chi connectivity index (χ2v) is 3.27. The van der Waals surface area contributed by atoms with Crippen LogP contribution in [0.5, 0.6) is 0 Å². The Labute approximate surface area is 67.7 Å². The van der Waals surface area contributed by atoms with Crippen molar-refractivity contribution in [3.63, 3.8) is 0 Å². The number of methoxy groups -OCH3 is 1. The minimum Gasteiger partial charge on any atom is -0.391 e. The van der Waals surface area contributed by atoms with Crippen molar-refractivity contribution < 1.29 is 9.84 Å². The minimum atomic E-state index is -0.230. The molecule has 66 valence electrons. The van der Waals surface area contributed by atoms with Gasteiger partial charge in [0.15, 0.2) is 0 Å². The second-order valence-electron chi connectivity index (χ2n) is 3.27. The third-order valence-electron chi connectivity index (χ3n) is 2.20. The van der Waals surface area contributed by atoms with Crippen LogP contribution in [0.25, 0.3) is 0 Å². The summed E-state index contributed by atoms with van der Waals surface area (Å²) < 4.78 is 4.98. The highest BCUT2D eigenvalue weighted by molar-refractivity contribution is 4.84. The van der Waals surface area contributed by atoms with Crippen LogP contribution in [0.3, 0.4) is 0 Å². The number of hydrogen-bond acceptors (Lipinski definition) is 3. The van der Waals surface area contributed by atoms with Gasteiger partial charge in [-0.05, 0) is 19.8 Å². The fourth-order valence-electron chi connectivity index (χ4n) is 1.52. The quantitative estimate of drug-likeness (QED) is 0.602. The van der Waals surface area contributed by atoms with Crippen molar-refractivity contribution in [3.8, 4) is 0 Å². The highest BCUT2D eigenvalue weighted by Crippen LogP contribution is 2.12. The van der Waals surface area contributed by atoms with Gasteiger partial charge in [0.1, 0.15) is 0 Å². The fourth-order valence-corrected chi connectivity index (χ4v) is 1.52. The SMILES string of the molecule is COC[C@H]1NC(C)CC[C@H]1O. The summed E-state index contributed by atoms with van der Waals surface area (Å²) in [6.07, 6.45) is 1.72. The molecule has 2 N–H and O–H groups in total. The second kappa shape index (κ2) is 4.04. The van der Waals surface area contributed by atoms with Crippen molar-refractivity contribution in [1.82, 2.24) is 5.32 Å². The summed E-state index contributed by atoms with van der Waals surface area (Å²) in [4.78, 5) is 0. The Hall–Kier alpha value is -0.120. The maximum Gasteiger partial charge on any atom is 0.0716 e. The zero-order chi connectivity index (χ0) is 8.27. The third-order valence-corrected chi connectivity index (χ3v) is 2.20. The van der Waals surface area contributed by atoms with Crippen LogP contribution in [0.2, 0.25) is 0 Å². The first-order valence-corrected chi connectivity index (χ1v) is 4.17. The average molecular weight is 159 g/mol. The van der Waals surface area contributed by atoms with Gasteiger partial charge in [-0.1, -0.05) is 0 Å². The van der Waals surface area contributed by atoms with E-state index in [1.807, 2.05) is 0 Å². The summed E-state index contributed by atoms with van der Waals surface area (Å²) in [7, 11) is 1.66. The van der Waals surface area contributed by atoms with Gasteiger partial charge in [-0.15, -0.1) is 0 Å². The predicted octanol–water partition coefficient (Wildman–Crippen LogP) is 0.134. The number of hydrogen-bond donors (Lipinski definition) is 2. The third kappa shape index (κ3) is 2.43. The van der Waals surface area contributed by atoms with Crippen molar-refractivity contribution in [2.24, 2.45) is 0 Å². The van der Waals surface area contributed by atoms with Crippen molar-refractivity contribution in [2.75, 3.05) is 13.7 Å². The Kier molecular flexibility index (Phi) is 3.30. The van der Waals surface area contributed by atoms with E-state index in [-0.39, 0.29) is 12.1 Å². The molecule has 3 heteroatoms. The Bertz CT molecular complexity index is 119. The van der Waals surface area contributed by atoms with Gasteiger partial charge in [-0.3, -0.25) is 0 Å². The molecule has 1 saturated heterocycles. The molecule has 1 rings (SSSR count). The number of nitrogens with one attached hydrogen (secondary N) is 1. The molecule has 0 bridgehead atoms. The first-order valence-electron chi connectivity index (χ1n) is 4.17. The van der Waals surface area contributed by atoms with Gasteiger partial charge in [0.25, 0.3) is 0 Å². The van der Waals surface area contributed by atoms with Crippen LogP contribution in [0.4, 0.5) is 0 Å². The predicted molar refractivity (Wildman–Crippen MR) is 43.5 cm³/mol. The lowest BCUT2D eigenvalue weighted by Gasteiger charge is -2.32. The van der Waals surface area contributed by atoms with Crippen LogP contribution in [0.15, 0.2) is 0 Å². The maximum absolute atomic E-state index is 9.48. The summed E-state index contributed by atoms with van der Waals surface area (Å²) in [5.41, 5.74) is 0. The monoisotopic (exact) mass is 159 g/mol. The van der Waals surface area contributed by atoms with Crippen LogP contribution in [-0.2, 0) is 4.74 Å². The van der Waals surface area contributed by atoms with E-state index in [9.17, 15) is 5.11 Å². The normalized spacial score (nSPS) is 39.0. The zero-order valence-corrected chi connectivity index (χ0v) is 7.21. The maximum atomic E-state index is 9.48. The van der Waals surface area contributed by atoms with Gasteiger partial charge in [-0.2, -0.15) is 0 Å². The first kappa shape index (κ1) is 8.97. The van der Waals surface area contributed by atoms with Crippen LogP contribution in [-0.4, -0.2) is 37.0 Å². The Balaban J connectivity index is 2.34. The van der Waals surface area contributed by atoms with E-state index >= 15 is 0 Å². The lowest BCUT2D eigenvalue weighted by atomic mass is 9.97. The molecule has 0 spiro atoms. The molecule has 1 aliphatic heterocycles. The summed E-state index contributed by atoms with van der Waals surface area (Å²) in [5.74, 6) is 0. The highest BCUT2D eigenvalue weighted by atomic mass is 16.5. The molecule has 0 radical (unpaired) electrons. The van der Waals surface area contributed by atoms with Crippen LogP contribution in [0.1, 0.15) is 19.8 Å². The summed E-state index contributed by atoms with van der Waals surface area (Å²) >= 11 is 0. The van der Waals surface area contributed by atoms with E-state index in [0.29, 0.717) is 12.6 Å². The average Bonchev–Trinajstić information content (AvgIpc) is 1.98. The number of ether oxygens (including phenoxy) is 1. The Morgan fingerprint density at radius 1 is 1.55 bits per heavy atom. The van der Waals surface area contributed by atoms with Crippen molar-refractivity contribution in [3.05, 3.63) is 0 Å². The van der Waals surface area contributed by atoms with E-state index in [2.05, 4.69) is 12.2 Å². The van der Waals surface area contributed by atoms with Crippen molar-refractivity contribution >= 4 is 0 Å². The minimum absolute atomic E-state index is 0.128. The van der Waals surface area contributed by atoms with Gasteiger partial charge in [-0.25, -0.2) is 0 Å². The molecule has 0 aliphatic carbocycles. The summed E-state index contributed by atoms with van der Waals surface area (Å²) in [6.45, 7) is 2.74. The molecule has 0 amide bonds. The largest absolute Gasteiger partial charge is 0.391 e. The fraction of sp³-hybridized carbons (Fsp3) is 1.00. The van der Waals surface area contributed by atoms with Crippen LogP contribution >= 0.6 is 0 Å². The molecule has 3 nitrogen and oxygen atoms in total. The number of rotatable bonds is 2. The number of aliphatic hydroxyl groups excluding tert-OH is 1. The first-order chi connectivity index (χ1) is 5.24. The topological polar surface area (TPSA) is 41.5 Å². The number of piperidine rings is 1. The van der Waals surface area contributed by atoms with Crippen molar-refractivity contribution in [1.29, 1.82) is 0 Å². The standard InChI is InChI=1S/C8H17NO2/c1-6-3-4-8(10)7(9-6)5-11-2/h6-10H,3-5H2,1-2H3/t6?,7-,8-/m1/s1. The summed E-state index contributed by atoms with van der Waals surface area (Å²) in [5, 5.41) is 12.8. The lowest BCUT2D eigenvalue weighted by Crippen LogP contribution is -2.51. The van der Waals surface area contributed by atoms with Gasteiger partial charge in [0.2, 0.25) is 0 Å². The molecule has 1 aliphatic rings. The smallest absolute Gasteiger partial charge is 0.0716 e. The van der Waals surface area contributed by atoms with E-state index in [4.69, 9.17) is 4.74 Å².